The number of nitrogens with zero attached hydrogens (tertiary/aromatic N) is 2. The molecule has 5 heteroatoms. The Kier molecular flexibility index (Phi) is 6.01. The number of hydrogen-bond acceptors (Lipinski definition) is 5. The van der Waals surface area contributed by atoms with E-state index in [0.29, 0.717) is 5.89 Å². The summed E-state index contributed by atoms with van der Waals surface area (Å²) in [4.78, 5) is 7.42. The molecule has 0 amide bonds. The number of rotatable bonds is 5. The Balaban J connectivity index is 1.29. The highest BCUT2D eigenvalue weighted by atomic mass is 32.1. The standard InChI is InChI=1S/C43H26N2O2S/c1-3-12-27(13-4-1)28-22-24-30(25-23-28)45(35-19-11-18-32-31-16-7-9-20-37(31)46-40(32)35)36-26-34-41(47-43(44-34)29-14-5-2-6-15-29)39-33-17-8-10-21-38(33)48-42(36)39/h1-26H. The van der Waals surface area contributed by atoms with Crippen LogP contribution in [0.1, 0.15) is 0 Å². The van der Waals surface area contributed by atoms with Crippen molar-refractivity contribution in [2.75, 3.05) is 4.90 Å². The van der Waals surface area contributed by atoms with Crippen molar-refractivity contribution < 1.29 is 8.83 Å². The predicted octanol–water partition coefficient (Wildman–Crippen LogP) is 12.9. The minimum Gasteiger partial charge on any atom is -0.454 e. The smallest absolute Gasteiger partial charge is 0.227 e. The number of hydrogen-bond donors (Lipinski definition) is 0. The Bertz CT molecular complexity index is 2780. The van der Waals surface area contributed by atoms with Crippen LogP contribution >= 0.6 is 11.3 Å². The highest BCUT2D eigenvalue weighted by Gasteiger charge is 2.26. The van der Waals surface area contributed by atoms with Gasteiger partial charge in [-0.1, -0.05) is 109 Å². The lowest BCUT2D eigenvalue weighted by molar-refractivity contribution is 0.623. The van der Waals surface area contributed by atoms with Crippen LogP contribution in [0.3, 0.4) is 0 Å². The zero-order valence-electron chi connectivity index (χ0n) is 25.6. The molecule has 3 heterocycles. The maximum absolute atomic E-state index is 6.65. The molecule has 10 aromatic rings. The largest absolute Gasteiger partial charge is 0.454 e. The first-order valence-corrected chi connectivity index (χ1v) is 16.8. The molecule has 0 bridgehead atoms. The summed E-state index contributed by atoms with van der Waals surface area (Å²) in [6.07, 6.45) is 0. The summed E-state index contributed by atoms with van der Waals surface area (Å²) in [5, 5.41) is 4.40. The third kappa shape index (κ3) is 4.18. The Labute approximate surface area is 279 Å². The van der Waals surface area contributed by atoms with E-state index in [1.807, 2.05) is 48.5 Å². The number of thiophene rings is 1. The summed E-state index contributed by atoms with van der Waals surface area (Å²) in [6.45, 7) is 0. The van der Waals surface area contributed by atoms with Gasteiger partial charge in [0.15, 0.2) is 11.2 Å². The fourth-order valence-electron chi connectivity index (χ4n) is 6.88. The molecule has 0 saturated carbocycles. The van der Waals surface area contributed by atoms with Gasteiger partial charge in [0.25, 0.3) is 0 Å². The number of para-hydroxylation sites is 2. The van der Waals surface area contributed by atoms with E-state index in [0.717, 1.165) is 76.7 Å². The zero-order valence-corrected chi connectivity index (χ0v) is 26.4. The van der Waals surface area contributed by atoms with Crippen LogP contribution in [0, 0.1) is 0 Å². The maximum atomic E-state index is 6.65. The molecule has 0 aliphatic rings. The van der Waals surface area contributed by atoms with Gasteiger partial charge >= 0.3 is 0 Å². The van der Waals surface area contributed by atoms with E-state index in [9.17, 15) is 0 Å². The van der Waals surface area contributed by atoms with Crippen molar-refractivity contribution >= 4 is 81.6 Å². The minimum absolute atomic E-state index is 0.609. The van der Waals surface area contributed by atoms with E-state index in [1.165, 1.54) is 10.3 Å². The molecular formula is C43H26N2O2S. The summed E-state index contributed by atoms with van der Waals surface area (Å²) in [6, 6.07) is 54.8. The molecule has 4 nitrogen and oxygen atoms in total. The third-order valence-electron chi connectivity index (χ3n) is 9.10. The molecule has 0 unspecified atom stereocenters. The van der Waals surface area contributed by atoms with Crippen molar-refractivity contribution in [3.8, 4) is 22.6 Å². The number of anilines is 3. The first kappa shape index (κ1) is 27.0. The van der Waals surface area contributed by atoms with Gasteiger partial charge < -0.3 is 13.7 Å². The normalized spacial score (nSPS) is 11.8. The van der Waals surface area contributed by atoms with Crippen LogP contribution in [-0.2, 0) is 0 Å². The lowest BCUT2D eigenvalue weighted by Gasteiger charge is -2.26. The fraction of sp³-hybridized carbons (Fsp3) is 0. The molecular weight excluding hydrogens is 609 g/mol. The Morgan fingerprint density at radius 3 is 1.98 bits per heavy atom. The summed E-state index contributed by atoms with van der Waals surface area (Å²) in [5.74, 6) is 0.609. The lowest BCUT2D eigenvalue weighted by Crippen LogP contribution is -2.10. The molecule has 7 aromatic carbocycles. The lowest BCUT2D eigenvalue weighted by atomic mass is 10.0. The van der Waals surface area contributed by atoms with Crippen molar-refractivity contribution in [3.05, 3.63) is 158 Å². The molecule has 0 aliphatic carbocycles. The zero-order chi connectivity index (χ0) is 31.6. The second kappa shape index (κ2) is 10.7. The topological polar surface area (TPSA) is 42.4 Å². The van der Waals surface area contributed by atoms with Crippen LogP contribution in [0.25, 0.3) is 75.8 Å². The fourth-order valence-corrected chi connectivity index (χ4v) is 8.08. The van der Waals surface area contributed by atoms with Crippen LogP contribution in [0.5, 0.6) is 0 Å². The van der Waals surface area contributed by atoms with Crippen molar-refractivity contribution in [1.29, 1.82) is 0 Å². The van der Waals surface area contributed by atoms with Gasteiger partial charge in [-0.3, -0.25) is 0 Å². The van der Waals surface area contributed by atoms with Gasteiger partial charge in [0.05, 0.1) is 16.1 Å². The molecule has 0 aliphatic heterocycles. The predicted molar refractivity (Wildman–Crippen MR) is 200 cm³/mol. The molecule has 0 radical (unpaired) electrons. The monoisotopic (exact) mass is 634 g/mol. The van der Waals surface area contributed by atoms with E-state index in [-0.39, 0.29) is 0 Å². The van der Waals surface area contributed by atoms with E-state index in [1.54, 1.807) is 11.3 Å². The van der Waals surface area contributed by atoms with Gasteiger partial charge in [0, 0.05) is 37.5 Å². The molecule has 10 rings (SSSR count). The number of fused-ring (bicyclic) bond motifs is 8. The highest BCUT2D eigenvalue weighted by Crippen LogP contribution is 2.50. The van der Waals surface area contributed by atoms with E-state index < -0.39 is 0 Å². The van der Waals surface area contributed by atoms with E-state index >= 15 is 0 Å². The SMILES string of the molecule is c1ccc(-c2ccc(N(c3cccc4c3oc3ccccc34)c3cc4nc(-c5ccccc5)oc4c4c3sc3ccccc34)cc2)cc1. The van der Waals surface area contributed by atoms with Gasteiger partial charge in [-0.05, 0) is 59.7 Å². The van der Waals surface area contributed by atoms with E-state index in [2.05, 4.69) is 114 Å². The van der Waals surface area contributed by atoms with Crippen molar-refractivity contribution in [1.82, 2.24) is 4.98 Å². The first-order chi connectivity index (χ1) is 23.8. The number of oxazole rings is 1. The van der Waals surface area contributed by atoms with Crippen LogP contribution in [0.4, 0.5) is 17.1 Å². The molecule has 3 aromatic heterocycles. The molecule has 48 heavy (non-hydrogen) atoms. The first-order valence-electron chi connectivity index (χ1n) is 16.0. The second-order valence-corrected chi connectivity index (χ2v) is 13.0. The Morgan fingerprint density at radius 2 is 1.17 bits per heavy atom. The average molecular weight is 635 g/mol. The summed E-state index contributed by atoms with van der Waals surface area (Å²) < 4.78 is 15.6. The van der Waals surface area contributed by atoms with Gasteiger partial charge in [-0.2, -0.15) is 0 Å². The number of aromatic nitrogens is 1. The third-order valence-corrected chi connectivity index (χ3v) is 10.3. The van der Waals surface area contributed by atoms with Crippen molar-refractivity contribution in [2.45, 2.75) is 0 Å². The molecule has 226 valence electrons. The van der Waals surface area contributed by atoms with Crippen LogP contribution in [0.15, 0.2) is 167 Å². The van der Waals surface area contributed by atoms with E-state index in [4.69, 9.17) is 13.8 Å². The van der Waals surface area contributed by atoms with Gasteiger partial charge in [-0.25, -0.2) is 4.98 Å². The van der Waals surface area contributed by atoms with Crippen molar-refractivity contribution in [3.63, 3.8) is 0 Å². The minimum atomic E-state index is 0.609. The maximum Gasteiger partial charge on any atom is 0.227 e. The molecule has 0 fully saturated rings. The van der Waals surface area contributed by atoms with Crippen LogP contribution in [-0.4, -0.2) is 4.98 Å². The number of benzene rings is 7. The van der Waals surface area contributed by atoms with Gasteiger partial charge in [-0.15, -0.1) is 11.3 Å². The second-order valence-electron chi connectivity index (χ2n) is 11.9. The summed E-state index contributed by atoms with van der Waals surface area (Å²) >= 11 is 1.78. The van der Waals surface area contributed by atoms with Crippen molar-refractivity contribution in [2.24, 2.45) is 0 Å². The molecule has 0 N–H and O–H groups in total. The Hall–Kier alpha value is -6.17. The summed E-state index contributed by atoms with van der Waals surface area (Å²) in [5.41, 5.74) is 9.60. The van der Waals surface area contributed by atoms with Crippen LogP contribution < -0.4 is 4.90 Å². The molecule has 0 spiro atoms. The van der Waals surface area contributed by atoms with Crippen LogP contribution in [0.2, 0.25) is 0 Å². The van der Waals surface area contributed by atoms with Gasteiger partial charge in [0.2, 0.25) is 5.89 Å². The molecule has 0 atom stereocenters. The quantitative estimate of drug-likeness (QED) is 0.189. The molecule has 0 saturated heterocycles. The summed E-state index contributed by atoms with van der Waals surface area (Å²) in [7, 11) is 0. The average Bonchev–Trinajstić information content (AvgIpc) is 3.87. The van der Waals surface area contributed by atoms with Gasteiger partial charge in [0.1, 0.15) is 11.1 Å². The highest BCUT2D eigenvalue weighted by molar-refractivity contribution is 7.26. The Morgan fingerprint density at radius 1 is 0.500 bits per heavy atom. The number of furan rings is 1.